The zero-order valence-corrected chi connectivity index (χ0v) is 10.5. The summed E-state index contributed by atoms with van der Waals surface area (Å²) < 4.78 is 20.1. The van der Waals surface area contributed by atoms with E-state index < -0.39 is 5.97 Å². The Morgan fingerprint density at radius 3 is 2.44 bits per heavy atom. The van der Waals surface area contributed by atoms with Crippen LogP contribution >= 0.6 is 0 Å². The third-order valence-electron chi connectivity index (χ3n) is 2.01. The zero-order valence-electron chi connectivity index (χ0n) is 10.5. The van der Waals surface area contributed by atoms with E-state index in [0.717, 1.165) is 0 Å². The molecule has 0 radical (unpaired) electrons. The fourth-order valence-corrected chi connectivity index (χ4v) is 1.26. The lowest BCUT2D eigenvalue weighted by molar-refractivity contribution is 0.0501. The van der Waals surface area contributed by atoms with Gasteiger partial charge in [-0.15, -0.1) is 0 Å². The number of hydrogen-bond donors (Lipinski definition) is 0. The highest BCUT2D eigenvalue weighted by atomic mass is 16.7. The van der Waals surface area contributed by atoms with Crippen LogP contribution in [0.1, 0.15) is 10.4 Å². The molecule has 5 nitrogen and oxygen atoms in total. The molecule has 0 saturated carbocycles. The monoisotopic (exact) mass is 252 g/mol. The molecule has 1 aromatic carbocycles. The van der Waals surface area contributed by atoms with Gasteiger partial charge in [0.1, 0.15) is 18.1 Å². The van der Waals surface area contributed by atoms with Crippen LogP contribution in [0.4, 0.5) is 0 Å². The average molecular weight is 252 g/mol. The number of hydrogen-bond acceptors (Lipinski definition) is 5. The predicted octanol–water partition coefficient (Wildman–Crippen LogP) is 2.02. The molecule has 0 aliphatic heterocycles. The van der Waals surface area contributed by atoms with E-state index in [1.807, 2.05) is 0 Å². The topological polar surface area (TPSA) is 54.0 Å². The van der Waals surface area contributed by atoms with Gasteiger partial charge >= 0.3 is 5.97 Å². The Morgan fingerprint density at radius 1 is 1.22 bits per heavy atom. The summed E-state index contributed by atoms with van der Waals surface area (Å²) in [4.78, 5) is 11.5. The standard InChI is InChI=1S/C13H16O5/c1-4-5-17-11-6-10(13(14)16-3)7-12(8-11)18-9-15-2/h4,6-8H,1,5,9H2,2-3H3. The number of methoxy groups -OCH3 is 2. The normalized spacial score (nSPS) is 9.67. The maximum Gasteiger partial charge on any atom is 0.338 e. The molecule has 0 fully saturated rings. The van der Waals surface area contributed by atoms with E-state index in [1.54, 1.807) is 24.3 Å². The Labute approximate surface area is 106 Å². The number of benzene rings is 1. The minimum Gasteiger partial charge on any atom is -0.489 e. The molecule has 0 amide bonds. The van der Waals surface area contributed by atoms with Gasteiger partial charge in [-0.3, -0.25) is 0 Å². The molecule has 0 unspecified atom stereocenters. The van der Waals surface area contributed by atoms with Crippen LogP contribution in [0.2, 0.25) is 0 Å². The predicted molar refractivity (Wildman–Crippen MR) is 66.0 cm³/mol. The van der Waals surface area contributed by atoms with Gasteiger partial charge in [-0.2, -0.15) is 0 Å². The second kappa shape index (κ2) is 7.34. The van der Waals surface area contributed by atoms with E-state index in [0.29, 0.717) is 23.7 Å². The third kappa shape index (κ3) is 4.10. The molecule has 0 saturated heterocycles. The molecule has 1 rings (SSSR count). The molecule has 1 aromatic rings. The summed E-state index contributed by atoms with van der Waals surface area (Å²) in [5.41, 5.74) is 0.352. The van der Waals surface area contributed by atoms with Gasteiger partial charge in [0.2, 0.25) is 0 Å². The van der Waals surface area contributed by atoms with Gasteiger partial charge in [0, 0.05) is 13.2 Å². The number of rotatable bonds is 7. The van der Waals surface area contributed by atoms with Crippen LogP contribution in [-0.4, -0.2) is 33.6 Å². The first-order valence-electron chi connectivity index (χ1n) is 5.30. The minimum atomic E-state index is -0.457. The van der Waals surface area contributed by atoms with E-state index >= 15 is 0 Å². The molecule has 0 N–H and O–H groups in total. The van der Waals surface area contributed by atoms with Crippen LogP contribution in [0.5, 0.6) is 11.5 Å². The largest absolute Gasteiger partial charge is 0.489 e. The maximum absolute atomic E-state index is 11.5. The van der Waals surface area contributed by atoms with Crippen LogP contribution in [0.3, 0.4) is 0 Å². The lowest BCUT2D eigenvalue weighted by Gasteiger charge is -2.10. The number of esters is 1. The molecule has 0 aromatic heterocycles. The van der Waals surface area contributed by atoms with Crippen molar-refractivity contribution in [1.82, 2.24) is 0 Å². The lowest BCUT2D eigenvalue weighted by Crippen LogP contribution is -2.05. The van der Waals surface area contributed by atoms with Crippen molar-refractivity contribution in [3.63, 3.8) is 0 Å². The summed E-state index contributed by atoms with van der Waals surface area (Å²) in [5, 5.41) is 0. The van der Waals surface area contributed by atoms with Crippen molar-refractivity contribution in [2.24, 2.45) is 0 Å². The van der Waals surface area contributed by atoms with E-state index in [9.17, 15) is 4.79 Å². The first-order chi connectivity index (χ1) is 8.71. The summed E-state index contributed by atoms with van der Waals surface area (Å²) >= 11 is 0. The van der Waals surface area contributed by atoms with E-state index in [1.165, 1.54) is 14.2 Å². The van der Waals surface area contributed by atoms with Crippen molar-refractivity contribution < 1.29 is 23.7 Å². The summed E-state index contributed by atoms with van der Waals surface area (Å²) in [6, 6.07) is 4.80. The molecular formula is C13H16O5. The van der Waals surface area contributed by atoms with E-state index in [2.05, 4.69) is 11.3 Å². The zero-order chi connectivity index (χ0) is 13.4. The molecule has 0 aliphatic carbocycles. The Morgan fingerprint density at radius 2 is 1.89 bits per heavy atom. The maximum atomic E-state index is 11.5. The minimum absolute atomic E-state index is 0.0888. The van der Waals surface area contributed by atoms with Gasteiger partial charge in [-0.05, 0) is 12.1 Å². The summed E-state index contributed by atoms with van der Waals surface area (Å²) in [6.45, 7) is 3.98. The molecule has 98 valence electrons. The van der Waals surface area contributed by atoms with Crippen molar-refractivity contribution in [2.45, 2.75) is 0 Å². The van der Waals surface area contributed by atoms with Crippen molar-refractivity contribution in [3.8, 4) is 11.5 Å². The number of carbonyl (C=O) groups excluding carboxylic acids is 1. The fourth-order valence-electron chi connectivity index (χ4n) is 1.26. The van der Waals surface area contributed by atoms with E-state index in [-0.39, 0.29) is 6.79 Å². The van der Waals surface area contributed by atoms with Gasteiger partial charge in [-0.1, -0.05) is 12.7 Å². The fraction of sp³-hybridized carbons (Fsp3) is 0.308. The first kappa shape index (κ1) is 14.1. The summed E-state index contributed by atoms with van der Waals surface area (Å²) in [6.07, 6.45) is 1.61. The Kier molecular flexibility index (Phi) is 5.73. The SMILES string of the molecule is C=CCOc1cc(OCOC)cc(C(=O)OC)c1. The molecule has 0 aliphatic rings. The van der Waals surface area contributed by atoms with Crippen LogP contribution < -0.4 is 9.47 Å². The molecule has 0 bridgehead atoms. The van der Waals surface area contributed by atoms with Crippen LogP contribution in [0.25, 0.3) is 0 Å². The lowest BCUT2D eigenvalue weighted by atomic mass is 10.2. The van der Waals surface area contributed by atoms with Gasteiger partial charge in [0.05, 0.1) is 12.7 Å². The van der Waals surface area contributed by atoms with Crippen molar-refractivity contribution >= 4 is 5.97 Å². The molecule has 0 heterocycles. The van der Waals surface area contributed by atoms with Gasteiger partial charge in [0.25, 0.3) is 0 Å². The highest BCUT2D eigenvalue weighted by molar-refractivity contribution is 5.90. The molecule has 5 heteroatoms. The number of carbonyl (C=O) groups is 1. The number of ether oxygens (including phenoxy) is 4. The molecular weight excluding hydrogens is 236 g/mol. The average Bonchev–Trinajstić information content (AvgIpc) is 2.41. The Balaban J connectivity index is 2.95. The van der Waals surface area contributed by atoms with Crippen LogP contribution in [-0.2, 0) is 9.47 Å². The highest BCUT2D eigenvalue weighted by Crippen LogP contribution is 2.23. The second-order valence-electron chi connectivity index (χ2n) is 3.34. The van der Waals surface area contributed by atoms with E-state index in [4.69, 9.17) is 14.2 Å². The summed E-state index contributed by atoms with van der Waals surface area (Å²) in [5.74, 6) is 0.518. The van der Waals surface area contributed by atoms with Gasteiger partial charge in [0.15, 0.2) is 6.79 Å². The molecule has 18 heavy (non-hydrogen) atoms. The summed E-state index contributed by atoms with van der Waals surface area (Å²) in [7, 11) is 2.83. The van der Waals surface area contributed by atoms with Crippen molar-refractivity contribution in [2.75, 3.05) is 27.6 Å². The van der Waals surface area contributed by atoms with Gasteiger partial charge in [-0.25, -0.2) is 4.79 Å². The highest BCUT2D eigenvalue weighted by Gasteiger charge is 2.10. The smallest absolute Gasteiger partial charge is 0.338 e. The van der Waals surface area contributed by atoms with Crippen molar-refractivity contribution in [3.05, 3.63) is 36.4 Å². The second-order valence-corrected chi connectivity index (χ2v) is 3.34. The van der Waals surface area contributed by atoms with Crippen LogP contribution in [0, 0.1) is 0 Å². The first-order valence-corrected chi connectivity index (χ1v) is 5.30. The van der Waals surface area contributed by atoms with Crippen LogP contribution in [0.15, 0.2) is 30.9 Å². The molecule has 0 spiro atoms. The Hall–Kier alpha value is -2.01. The van der Waals surface area contributed by atoms with Crippen molar-refractivity contribution in [1.29, 1.82) is 0 Å². The third-order valence-corrected chi connectivity index (χ3v) is 2.01. The Bertz CT molecular complexity index is 414. The van der Waals surface area contributed by atoms with Gasteiger partial charge < -0.3 is 18.9 Å². The molecule has 0 atom stereocenters. The quantitative estimate of drug-likeness (QED) is 0.422.